The fourth-order valence-electron chi connectivity index (χ4n) is 1.75. The Labute approximate surface area is 116 Å². The molecule has 1 rings (SSSR count). The summed E-state index contributed by atoms with van der Waals surface area (Å²) in [5.74, 6) is 0.0709. The lowest BCUT2D eigenvalue weighted by Gasteiger charge is -2.10. The van der Waals surface area contributed by atoms with E-state index in [0.717, 1.165) is 25.9 Å². The first kappa shape index (κ1) is 15.7. The Kier molecular flexibility index (Phi) is 7.86. The third-order valence-corrected chi connectivity index (χ3v) is 2.83. The van der Waals surface area contributed by atoms with Crippen LogP contribution in [0.5, 0.6) is 0 Å². The third kappa shape index (κ3) is 8.35. The molecular weight excluding hydrogens is 238 g/mol. The summed E-state index contributed by atoms with van der Waals surface area (Å²) in [5.41, 5.74) is 1.35. The largest absolute Gasteiger partial charge is 0.354 e. The highest BCUT2D eigenvalue weighted by molar-refractivity contribution is 5.77. The van der Waals surface area contributed by atoms with Gasteiger partial charge in [-0.25, -0.2) is 0 Å². The first-order chi connectivity index (χ1) is 9.18. The molecule has 1 aromatic rings. The van der Waals surface area contributed by atoms with Crippen LogP contribution in [0.25, 0.3) is 0 Å². The quantitative estimate of drug-likeness (QED) is 0.650. The number of amides is 1. The summed E-state index contributed by atoms with van der Waals surface area (Å²) in [5, 5.41) is 6.05. The Morgan fingerprint density at radius 3 is 2.58 bits per heavy atom. The van der Waals surface area contributed by atoms with Crippen molar-refractivity contribution in [2.75, 3.05) is 40.3 Å². The predicted octanol–water partition coefficient (Wildman–Crippen LogP) is 0.887. The lowest BCUT2D eigenvalue weighted by Crippen LogP contribution is -2.37. The van der Waals surface area contributed by atoms with Gasteiger partial charge < -0.3 is 15.5 Å². The Morgan fingerprint density at radius 1 is 1.16 bits per heavy atom. The molecule has 0 aliphatic heterocycles. The predicted molar refractivity (Wildman–Crippen MR) is 79.2 cm³/mol. The maximum atomic E-state index is 11.5. The number of nitrogens with one attached hydrogen (secondary N) is 2. The van der Waals surface area contributed by atoms with Crippen molar-refractivity contribution in [2.24, 2.45) is 0 Å². The lowest BCUT2D eigenvalue weighted by atomic mass is 10.1. The Morgan fingerprint density at radius 2 is 1.89 bits per heavy atom. The molecule has 0 unspecified atom stereocenters. The molecule has 0 aliphatic carbocycles. The minimum Gasteiger partial charge on any atom is -0.354 e. The zero-order valence-electron chi connectivity index (χ0n) is 12.0. The topological polar surface area (TPSA) is 44.4 Å². The van der Waals surface area contributed by atoms with Gasteiger partial charge in [0.2, 0.25) is 5.91 Å². The van der Waals surface area contributed by atoms with E-state index in [1.54, 1.807) is 0 Å². The number of carbonyl (C=O) groups is 1. The number of aryl methyl sites for hydroxylation is 1. The van der Waals surface area contributed by atoms with Gasteiger partial charge in [-0.1, -0.05) is 30.3 Å². The molecule has 0 aliphatic rings. The van der Waals surface area contributed by atoms with Crippen LogP contribution in [0, 0.1) is 0 Å². The monoisotopic (exact) mass is 263 g/mol. The van der Waals surface area contributed by atoms with E-state index < -0.39 is 0 Å². The molecule has 19 heavy (non-hydrogen) atoms. The smallest absolute Gasteiger partial charge is 0.234 e. The van der Waals surface area contributed by atoms with Crippen molar-refractivity contribution in [3.63, 3.8) is 0 Å². The van der Waals surface area contributed by atoms with E-state index >= 15 is 0 Å². The van der Waals surface area contributed by atoms with Crippen molar-refractivity contribution >= 4 is 5.91 Å². The molecule has 0 atom stereocenters. The summed E-state index contributed by atoms with van der Waals surface area (Å²) >= 11 is 0. The van der Waals surface area contributed by atoms with E-state index in [9.17, 15) is 4.79 Å². The van der Waals surface area contributed by atoms with Crippen molar-refractivity contribution in [1.29, 1.82) is 0 Å². The SMILES string of the molecule is CN(C)CCNC(=O)CNCCCc1ccccc1. The summed E-state index contributed by atoms with van der Waals surface area (Å²) < 4.78 is 0. The van der Waals surface area contributed by atoms with Crippen molar-refractivity contribution in [3.8, 4) is 0 Å². The van der Waals surface area contributed by atoms with Crippen molar-refractivity contribution < 1.29 is 4.79 Å². The van der Waals surface area contributed by atoms with Crippen molar-refractivity contribution in [2.45, 2.75) is 12.8 Å². The van der Waals surface area contributed by atoms with Crippen LogP contribution in [-0.2, 0) is 11.2 Å². The Hall–Kier alpha value is -1.39. The molecule has 1 aromatic carbocycles. The number of hydrogen-bond donors (Lipinski definition) is 2. The first-order valence-corrected chi connectivity index (χ1v) is 6.84. The van der Waals surface area contributed by atoms with Crippen LogP contribution in [-0.4, -0.2) is 51.1 Å². The lowest BCUT2D eigenvalue weighted by molar-refractivity contribution is -0.120. The maximum Gasteiger partial charge on any atom is 0.234 e. The summed E-state index contributed by atoms with van der Waals surface area (Å²) in [6.45, 7) is 2.86. The molecule has 1 amide bonds. The number of carbonyl (C=O) groups excluding carboxylic acids is 1. The second-order valence-electron chi connectivity index (χ2n) is 4.92. The maximum absolute atomic E-state index is 11.5. The molecule has 4 nitrogen and oxygen atoms in total. The molecule has 0 radical (unpaired) electrons. The zero-order valence-corrected chi connectivity index (χ0v) is 12.0. The van der Waals surface area contributed by atoms with Gasteiger partial charge in [0.05, 0.1) is 6.54 Å². The molecule has 0 spiro atoms. The molecule has 106 valence electrons. The second-order valence-corrected chi connectivity index (χ2v) is 4.92. The van der Waals surface area contributed by atoms with Crippen LogP contribution in [0.3, 0.4) is 0 Å². The molecule has 0 fully saturated rings. The molecular formula is C15H25N3O. The Bertz CT molecular complexity index is 352. The highest BCUT2D eigenvalue weighted by atomic mass is 16.1. The van der Waals surface area contributed by atoms with Crippen molar-refractivity contribution in [1.82, 2.24) is 15.5 Å². The second kappa shape index (κ2) is 9.53. The zero-order chi connectivity index (χ0) is 13.9. The van der Waals surface area contributed by atoms with Crippen LogP contribution < -0.4 is 10.6 Å². The molecule has 4 heteroatoms. The number of rotatable bonds is 9. The van der Waals surface area contributed by atoms with Crippen LogP contribution in [0.1, 0.15) is 12.0 Å². The van der Waals surface area contributed by atoms with E-state index in [-0.39, 0.29) is 5.91 Å². The van der Waals surface area contributed by atoms with Crippen LogP contribution in [0.15, 0.2) is 30.3 Å². The average molecular weight is 263 g/mol. The molecule has 2 N–H and O–H groups in total. The van der Waals surface area contributed by atoms with E-state index in [2.05, 4.69) is 34.9 Å². The fraction of sp³-hybridized carbons (Fsp3) is 0.533. The van der Waals surface area contributed by atoms with Gasteiger partial charge in [-0.3, -0.25) is 4.79 Å². The van der Waals surface area contributed by atoms with Gasteiger partial charge in [0, 0.05) is 13.1 Å². The first-order valence-electron chi connectivity index (χ1n) is 6.84. The van der Waals surface area contributed by atoms with Gasteiger partial charge in [-0.2, -0.15) is 0 Å². The molecule has 0 aromatic heterocycles. The highest BCUT2D eigenvalue weighted by Crippen LogP contribution is 2.01. The van der Waals surface area contributed by atoms with Gasteiger partial charge in [0.1, 0.15) is 0 Å². The Balaban J connectivity index is 1.97. The number of hydrogen-bond acceptors (Lipinski definition) is 3. The minimum atomic E-state index is 0.0709. The average Bonchev–Trinajstić information content (AvgIpc) is 2.39. The summed E-state index contributed by atoms with van der Waals surface area (Å²) in [7, 11) is 3.99. The van der Waals surface area contributed by atoms with E-state index in [1.807, 2.05) is 25.1 Å². The molecule has 0 saturated carbocycles. The van der Waals surface area contributed by atoms with E-state index in [4.69, 9.17) is 0 Å². The van der Waals surface area contributed by atoms with Crippen molar-refractivity contribution in [3.05, 3.63) is 35.9 Å². The van der Waals surface area contributed by atoms with Crippen LogP contribution in [0.2, 0.25) is 0 Å². The summed E-state index contributed by atoms with van der Waals surface area (Å²) in [4.78, 5) is 13.5. The molecule has 0 heterocycles. The van der Waals surface area contributed by atoms with E-state index in [0.29, 0.717) is 13.1 Å². The minimum absolute atomic E-state index is 0.0709. The van der Waals surface area contributed by atoms with Crippen LogP contribution >= 0.6 is 0 Å². The molecule has 0 saturated heterocycles. The summed E-state index contributed by atoms with van der Waals surface area (Å²) in [6.07, 6.45) is 2.10. The number of nitrogens with zero attached hydrogens (tertiary/aromatic N) is 1. The third-order valence-electron chi connectivity index (χ3n) is 2.83. The van der Waals surface area contributed by atoms with Gasteiger partial charge in [-0.05, 0) is 39.0 Å². The standard InChI is InChI=1S/C15H25N3O/c1-18(2)12-11-17-15(19)13-16-10-6-9-14-7-4-3-5-8-14/h3-5,7-8,16H,6,9-13H2,1-2H3,(H,17,19). The highest BCUT2D eigenvalue weighted by Gasteiger charge is 1.99. The normalized spacial score (nSPS) is 10.7. The van der Waals surface area contributed by atoms with Crippen LogP contribution in [0.4, 0.5) is 0 Å². The van der Waals surface area contributed by atoms with Gasteiger partial charge >= 0.3 is 0 Å². The summed E-state index contributed by atoms with van der Waals surface area (Å²) in [6, 6.07) is 10.4. The van der Waals surface area contributed by atoms with E-state index in [1.165, 1.54) is 5.56 Å². The fourth-order valence-corrected chi connectivity index (χ4v) is 1.75. The number of benzene rings is 1. The van der Waals surface area contributed by atoms with Gasteiger partial charge in [-0.15, -0.1) is 0 Å². The van der Waals surface area contributed by atoms with Gasteiger partial charge in [0.15, 0.2) is 0 Å². The van der Waals surface area contributed by atoms with Gasteiger partial charge in [0.25, 0.3) is 0 Å². The number of likely N-dealkylation sites (N-methyl/N-ethyl adjacent to an activating group) is 1. The molecule has 0 bridgehead atoms.